The molecule has 1 aliphatic heterocycles. The highest BCUT2D eigenvalue weighted by Gasteiger charge is 2.34. The largest absolute Gasteiger partial charge is 0.494 e. The molecule has 0 aliphatic carbocycles. The molecule has 0 bridgehead atoms. The first kappa shape index (κ1) is 19.2. The van der Waals surface area contributed by atoms with Gasteiger partial charge in [-0.1, -0.05) is 0 Å². The Morgan fingerprint density at radius 1 is 1.32 bits per heavy atom. The van der Waals surface area contributed by atoms with Gasteiger partial charge in [0.25, 0.3) is 0 Å². The van der Waals surface area contributed by atoms with Crippen LogP contribution in [0.4, 0.5) is 5.69 Å². The Kier molecular flexibility index (Phi) is 7.25. The van der Waals surface area contributed by atoms with E-state index >= 15 is 0 Å². The van der Waals surface area contributed by atoms with Gasteiger partial charge in [-0.3, -0.25) is 9.59 Å². The van der Waals surface area contributed by atoms with Gasteiger partial charge in [0.15, 0.2) is 0 Å². The number of carbonyl (C=O) groups excluding carboxylic acids is 2. The van der Waals surface area contributed by atoms with Crippen LogP contribution < -0.4 is 15.0 Å². The van der Waals surface area contributed by atoms with Gasteiger partial charge in [0, 0.05) is 31.8 Å². The molecule has 1 saturated heterocycles. The lowest BCUT2D eigenvalue weighted by molar-refractivity contribution is -0.126. The van der Waals surface area contributed by atoms with Gasteiger partial charge >= 0.3 is 0 Å². The van der Waals surface area contributed by atoms with Crippen LogP contribution in [0.3, 0.4) is 0 Å². The van der Waals surface area contributed by atoms with E-state index in [0.29, 0.717) is 26.3 Å². The number of nitrogens with zero attached hydrogens (tertiary/aromatic N) is 1. The predicted molar refractivity (Wildman–Crippen MR) is 96.8 cm³/mol. The zero-order chi connectivity index (χ0) is 18.2. The molecule has 1 atom stereocenters. The number of carbonyl (C=O) groups is 2. The summed E-state index contributed by atoms with van der Waals surface area (Å²) in [4.78, 5) is 26.2. The fraction of sp³-hybridized carbons (Fsp3) is 0.579. The van der Waals surface area contributed by atoms with Crippen LogP contribution in [0.15, 0.2) is 24.3 Å². The molecular formula is C19H28N2O4. The van der Waals surface area contributed by atoms with E-state index in [-0.39, 0.29) is 30.3 Å². The lowest BCUT2D eigenvalue weighted by Crippen LogP contribution is -2.34. The zero-order valence-electron chi connectivity index (χ0n) is 15.3. The number of nitrogens with one attached hydrogen (secondary N) is 1. The predicted octanol–water partition coefficient (Wildman–Crippen LogP) is 2.37. The summed E-state index contributed by atoms with van der Waals surface area (Å²) in [5.74, 6) is 0.389. The molecule has 0 saturated carbocycles. The van der Waals surface area contributed by atoms with Crippen LogP contribution in [0.1, 0.15) is 33.6 Å². The van der Waals surface area contributed by atoms with E-state index in [1.165, 1.54) is 0 Å². The first-order chi connectivity index (χ1) is 12.0. The summed E-state index contributed by atoms with van der Waals surface area (Å²) in [7, 11) is 0. The van der Waals surface area contributed by atoms with Crippen molar-refractivity contribution < 1.29 is 19.1 Å². The van der Waals surface area contributed by atoms with Crippen molar-refractivity contribution in [1.82, 2.24) is 5.32 Å². The second kappa shape index (κ2) is 9.42. The van der Waals surface area contributed by atoms with Crippen LogP contribution in [-0.2, 0) is 14.3 Å². The lowest BCUT2D eigenvalue weighted by atomic mass is 10.1. The minimum Gasteiger partial charge on any atom is -0.494 e. The van der Waals surface area contributed by atoms with E-state index in [0.717, 1.165) is 17.9 Å². The van der Waals surface area contributed by atoms with Crippen LogP contribution >= 0.6 is 0 Å². The fourth-order valence-electron chi connectivity index (χ4n) is 2.77. The van der Waals surface area contributed by atoms with Crippen LogP contribution in [-0.4, -0.2) is 44.2 Å². The Morgan fingerprint density at radius 3 is 2.68 bits per heavy atom. The van der Waals surface area contributed by atoms with Gasteiger partial charge in [0.2, 0.25) is 11.8 Å². The lowest BCUT2D eigenvalue weighted by Gasteiger charge is -2.17. The van der Waals surface area contributed by atoms with E-state index in [4.69, 9.17) is 9.47 Å². The van der Waals surface area contributed by atoms with E-state index in [9.17, 15) is 9.59 Å². The van der Waals surface area contributed by atoms with Crippen molar-refractivity contribution in [3.63, 3.8) is 0 Å². The summed E-state index contributed by atoms with van der Waals surface area (Å²) < 4.78 is 10.9. The average molecular weight is 348 g/mol. The molecule has 25 heavy (non-hydrogen) atoms. The third kappa shape index (κ3) is 5.74. The van der Waals surface area contributed by atoms with E-state index in [1.807, 2.05) is 45.0 Å². The van der Waals surface area contributed by atoms with Gasteiger partial charge in [-0.25, -0.2) is 0 Å². The quantitative estimate of drug-likeness (QED) is 0.696. The highest BCUT2D eigenvalue weighted by molar-refractivity contribution is 6.00. The number of hydrogen-bond donors (Lipinski definition) is 1. The van der Waals surface area contributed by atoms with Crippen molar-refractivity contribution in [1.29, 1.82) is 0 Å². The molecule has 0 aromatic heterocycles. The maximum atomic E-state index is 12.3. The summed E-state index contributed by atoms with van der Waals surface area (Å²) in [6.07, 6.45) is 1.22. The van der Waals surface area contributed by atoms with E-state index in [1.54, 1.807) is 4.90 Å². The van der Waals surface area contributed by atoms with Crippen LogP contribution in [0.2, 0.25) is 0 Å². The van der Waals surface area contributed by atoms with Crippen molar-refractivity contribution in [2.24, 2.45) is 5.92 Å². The number of anilines is 1. The third-order valence-electron chi connectivity index (χ3n) is 4.03. The van der Waals surface area contributed by atoms with Crippen LogP contribution in [0, 0.1) is 5.92 Å². The van der Waals surface area contributed by atoms with Crippen molar-refractivity contribution in [3.8, 4) is 5.75 Å². The molecule has 0 spiro atoms. The molecule has 6 heteroatoms. The van der Waals surface area contributed by atoms with Gasteiger partial charge in [-0.15, -0.1) is 0 Å². The Labute approximate surface area is 149 Å². The molecule has 1 fully saturated rings. The first-order valence-corrected chi connectivity index (χ1v) is 8.93. The maximum Gasteiger partial charge on any atom is 0.227 e. The normalized spacial score (nSPS) is 17.2. The first-order valence-electron chi connectivity index (χ1n) is 8.93. The second-order valence-electron chi connectivity index (χ2n) is 6.40. The standard InChI is InChI=1S/C19H28N2O4/c1-4-24-17-8-6-16(7-9-17)21-13-15(12-18(21)22)19(23)20-10-5-11-25-14(2)3/h6-9,14-15H,4-5,10-13H2,1-3H3,(H,20,23)/t15-/m0/s1. The minimum absolute atomic E-state index is 0.0209. The molecule has 138 valence electrons. The Hall–Kier alpha value is -2.08. The van der Waals surface area contributed by atoms with Crippen molar-refractivity contribution in [3.05, 3.63) is 24.3 Å². The highest BCUT2D eigenvalue weighted by atomic mass is 16.5. The molecule has 1 heterocycles. The van der Waals surface area contributed by atoms with E-state index < -0.39 is 0 Å². The van der Waals surface area contributed by atoms with E-state index in [2.05, 4.69) is 5.32 Å². The summed E-state index contributed by atoms with van der Waals surface area (Å²) in [5, 5.41) is 2.90. The molecule has 1 aromatic rings. The molecule has 1 aromatic carbocycles. The fourth-order valence-corrected chi connectivity index (χ4v) is 2.77. The molecule has 1 N–H and O–H groups in total. The summed E-state index contributed by atoms with van der Waals surface area (Å²) in [5.41, 5.74) is 0.800. The summed E-state index contributed by atoms with van der Waals surface area (Å²) in [6, 6.07) is 7.39. The second-order valence-corrected chi connectivity index (χ2v) is 6.40. The Balaban J connectivity index is 1.81. The summed E-state index contributed by atoms with van der Waals surface area (Å²) >= 11 is 0. The number of rotatable bonds is 9. The monoisotopic (exact) mass is 348 g/mol. The zero-order valence-corrected chi connectivity index (χ0v) is 15.3. The van der Waals surface area contributed by atoms with Crippen molar-refractivity contribution in [2.45, 2.75) is 39.7 Å². The number of benzene rings is 1. The Bertz CT molecular complexity index is 571. The maximum absolute atomic E-state index is 12.3. The number of ether oxygens (including phenoxy) is 2. The molecule has 0 unspecified atom stereocenters. The molecule has 6 nitrogen and oxygen atoms in total. The smallest absolute Gasteiger partial charge is 0.227 e. The highest BCUT2D eigenvalue weighted by Crippen LogP contribution is 2.27. The van der Waals surface area contributed by atoms with Crippen molar-refractivity contribution >= 4 is 17.5 Å². The molecule has 2 rings (SSSR count). The topological polar surface area (TPSA) is 67.9 Å². The Morgan fingerprint density at radius 2 is 2.04 bits per heavy atom. The van der Waals surface area contributed by atoms with Crippen LogP contribution in [0.5, 0.6) is 5.75 Å². The van der Waals surface area contributed by atoms with Gasteiger partial charge in [0.05, 0.1) is 18.6 Å². The number of amides is 2. The van der Waals surface area contributed by atoms with Crippen molar-refractivity contribution in [2.75, 3.05) is 31.2 Å². The average Bonchev–Trinajstić information content (AvgIpc) is 2.97. The molecule has 0 radical (unpaired) electrons. The molecule has 1 aliphatic rings. The van der Waals surface area contributed by atoms with Gasteiger partial charge in [-0.05, 0) is 51.5 Å². The van der Waals surface area contributed by atoms with Crippen LogP contribution in [0.25, 0.3) is 0 Å². The number of hydrogen-bond acceptors (Lipinski definition) is 4. The molecular weight excluding hydrogens is 320 g/mol. The molecule has 2 amide bonds. The van der Waals surface area contributed by atoms with Gasteiger partial charge in [0.1, 0.15) is 5.75 Å². The van der Waals surface area contributed by atoms with Gasteiger partial charge < -0.3 is 19.7 Å². The summed E-state index contributed by atoms with van der Waals surface area (Å²) in [6.45, 7) is 8.11. The van der Waals surface area contributed by atoms with Gasteiger partial charge in [-0.2, -0.15) is 0 Å². The SMILES string of the molecule is CCOc1ccc(N2C[C@@H](C(=O)NCCCOC(C)C)CC2=O)cc1. The third-order valence-corrected chi connectivity index (χ3v) is 4.03. The minimum atomic E-state index is -0.301.